The lowest BCUT2D eigenvalue weighted by Gasteiger charge is -2.24. The number of halogens is 1. The molecule has 0 aliphatic heterocycles. The molecule has 0 fully saturated rings. The lowest BCUT2D eigenvalue weighted by molar-refractivity contribution is 0.0508. The molecule has 3 aromatic carbocycles. The molecular weight excluding hydrogens is 481 g/mol. The maximum absolute atomic E-state index is 14.1. The largest absolute Gasteiger partial charge is 0.444 e. The number of ether oxygens (including phenoxy) is 1. The van der Waals surface area contributed by atoms with Crippen molar-refractivity contribution < 1.29 is 18.7 Å². The average molecular weight is 512 g/mol. The fourth-order valence-electron chi connectivity index (χ4n) is 4.13. The molecule has 0 saturated carbocycles. The molecule has 38 heavy (non-hydrogen) atoms. The Morgan fingerprint density at radius 2 is 1.58 bits per heavy atom. The van der Waals surface area contributed by atoms with Gasteiger partial charge in [0.1, 0.15) is 5.60 Å². The fraction of sp³-hybridized carbons (Fsp3) is 0.194. The van der Waals surface area contributed by atoms with Gasteiger partial charge >= 0.3 is 6.09 Å². The van der Waals surface area contributed by atoms with E-state index in [-0.39, 0.29) is 5.69 Å². The van der Waals surface area contributed by atoms with Gasteiger partial charge in [-0.15, -0.1) is 0 Å². The van der Waals surface area contributed by atoms with Crippen LogP contribution in [0.25, 0.3) is 22.3 Å². The summed E-state index contributed by atoms with van der Waals surface area (Å²) in [6.07, 6.45) is 1.92. The summed E-state index contributed by atoms with van der Waals surface area (Å²) in [4.78, 5) is 29.4. The summed E-state index contributed by atoms with van der Waals surface area (Å²) in [5, 5.41) is 5.51. The molecule has 0 bridgehead atoms. The number of alkyl carbamates (subject to hydrolysis) is 1. The standard InChI is InChI=1S/C31H30FN3O3/c1-20(34-30(37)38-31(2,3)4)23-15-14-22(29(36)35-28-16-17-33-19-27(28)32)18-26(23)25-13-9-8-12-24(25)21-10-6-5-7-11-21/h5-20H,1-4H3,(H,34,37)(H,33,35,36). The number of nitrogens with zero attached hydrogens (tertiary/aromatic N) is 1. The molecule has 6 nitrogen and oxygen atoms in total. The maximum atomic E-state index is 14.1. The Morgan fingerprint density at radius 3 is 2.26 bits per heavy atom. The van der Waals surface area contributed by atoms with E-state index in [0.29, 0.717) is 5.56 Å². The van der Waals surface area contributed by atoms with E-state index in [1.54, 1.807) is 39.0 Å². The van der Waals surface area contributed by atoms with E-state index in [9.17, 15) is 14.0 Å². The van der Waals surface area contributed by atoms with Crippen LogP contribution in [0.4, 0.5) is 14.9 Å². The number of hydrogen-bond donors (Lipinski definition) is 2. The lowest BCUT2D eigenvalue weighted by Crippen LogP contribution is -2.34. The van der Waals surface area contributed by atoms with Crippen molar-refractivity contribution in [3.8, 4) is 22.3 Å². The topological polar surface area (TPSA) is 80.3 Å². The molecule has 0 spiro atoms. The van der Waals surface area contributed by atoms with Crippen LogP contribution in [0.5, 0.6) is 0 Å². The number of carbonyl (C=O) groups is 2. The van der Waals surface area contributed by atoms with E-state index in [2.05, 4.69) is 15.6 Å². The van der Waals surface area contributed by atoms with Crippen molar-refractivity contribution in [2.45, 2.75) is 39.3 Å². The highest BCUT2D eigenvalue weighted by molar-refractivity contribution is 6.05. The second kappa shape index (κ2) is 11.3. The smallest absolute Gasteiger partial charge is 0.408 e. The predicted octanol–water partition coefficient (Wildman–Crippen LogP) is 7.39. The molecule has 0 aliphatic rings. The zero-order chi connectivity index (χ0) is 27.3. The van der Waals surface area contributed by atoms with Crippen LogP contribution in [0.3, 0.4) is 0 Å². The maximum Gasteiger partial charge on any atom is 0.408 e. The van der Waals surface area contributed by atoms with Crippen molar-refractivity contribution in [2.75, 3.05) is 5.32 Å². The quantitative estimate of drug-likeness (QED) is 0.283. The van der Waals surface area contributed by atoms with Crippen LogP contribution in [0, 0.1) is 5.82 Å². The summed E-state index contributed by atoms with van der Waals surface area (Å²) in [5.74, 6) is -1.09. The molecular formula is C31H30FN3O3. The van der Waals surface area contributed by atoms with Crippen LogP contribution in [0.1, 0.15) is 49.7 Å². The molecule has 1 atom stereocenters. The number of pyridine rings is 1. The first-order valence-corrected chi connectivity index (χ1v) is 12.3. The van der Waals surface area contributed by atoms with Gasteiger partial charge in [0.2, 0.25) is 0 Å². The van der Waals surface area contributed by atoms with E-state index in [1.807, 2.05) is 61.5 Å². The minimum Gasteiger partial charge on any atom is -0.444 e. The lowest BCUT2D eigenvalue weighted by atomic mass is 9.88. The van der Waals surface area contributed by atoms with Crippen LogP contribution in [-0.4, -0.2) is 22.6 Å². The third kappa shape index (κ3) is 6.42. The van der Waals surface area contributed by atoms with Gasteiger partial charge in [-0.2, -0.15) is 0 Å². The Bertz CT molecular complexity index is 1450. The monoisotopic (exact) mass is 511 g/mol. The molecule has 0 saturated heterocycles. The van der Waals surface area contributed by atoms with Gasteiger partial charge < -0.3 is 15.4 Å². The number of nitrogens with one attached hydrogen (secondary N) is 2. The number of benzene rings is 3. The Morgan fingerprint density at radius 1 is 0.895 bits per heavy atom. The van der Waals surface area contributed by atoms with Gasteiger partial charge in [0.05, 0.1) is 17.9 Å². The van der Waals surface area contributed by atoms with E-state index in [0.717, 1.165) is 34.0 Å². The minimum atomic E-state index is -0.642. The Hall–Kier alpha value is -4.52. The summed E-state index contributed by atoms with van der Waals surface area (Å²) in [6, 6.07) is 24.0. The van der Waals surface area contributed by atoms with Gasteiger partial charge in [-0.3, -0.25) is 9.78 Å². The van der Waals surface area contributed by atoms with Crippen molar-refractivity contribution in [3.05, 3.63) is 108 Å². The zero-order valence-corrected chi connectivity index (χ0v) is 21.8. The molecule has 2 N–H and O–H groups in total. The van der Waals surface area contributed by atoms with E-state index in [1.165, 1.54) is 12.3 Å². The van der Waals surface area contributed by atoms with Crippen molar-refractivity contribution in [2.24, 2.45) is 0 Å². The number of hydrogen-bond acceptors (Lipinski definition) is 4. The first-order valence-electron chi connectivity index (χ1n) is 12.3. The SMILES string of the molecule is CC(NC(=O)OC(C)(C)C)c1ccc(C(=O)Nc2ccncc2F)cc1-c1ccccc1-c1ccccc1. The summed E-state index contributed by atoms with van der Waals surface area (Å²) in [6.45, 7) is 7.27. The van der Waals surface area contributed by atoms with Crippen LogP contribution >= 0.6 is 0 Å². The van der Waals surface area contributed by atoms with Crippen molar-refractivity contribution >= 4 is 17.7 Å². The highest BCUT2D eigenvalue weighted by atomic mass is 19.1. The highest BCUT2D eigenvalue weighted by Gasteiger charge is 2.22. The van der Waals surface area contributed by atoms with Gasteiger partial charge in [0.25, 0.3) is 5.91 Å². The molecule has 1 aromatic heterocycles. The van der Waals surface area contributed by atoms with E-state index < -0.39 is 29.5 Å². The molecule has 1 unspecified atom stereocenters. The summed E-state index contributed by atoms with van der Waals surface area (Å²) < 4.78 is 19.6. The second-order valence-electron chi connectivity index (χ2n) is 9.89. The molecule has 194 valence electrons. The molecule has 0 radical (unpaired) electrons. The summed E-state index contributed by atoms with van der Waals surface area (Å²) in [5.41, 5.74) is 4.16. The number of rotatable bonds is 6. The summed E-state index contributed by atoms with van der Waals surface area (Å²) in [7, 11) is 0. The van der Waals surface area contributed by atoms with Crippen LogP contribution in [0.15, 0.2) is 91.3 Å². The summed E-state index contributed by atoms with van der Waals surface area (Å²) >= 11 is 0. The predicted molar refractivity (Wildman–Crippen MR) is 147 cm³/mol. The third-order valence-corrected chi connectivity index (χ3v) is 5.84. The molecule has 4 aromatic rings. The Balaban J connectivity index is 1.78. The van der Waals surface area contributed by atoms with Crippen molar-refractivity contribution in [1.29, 1.82) is 0 Å². The first kappa shape index (κ1) is 26.5. The molecule has 2 amide bonds. The Labute approximate surface area is 221 Å². The van der Waals surface area contributed by atoms with Gasteiger partial charge in [0.15, 0.2) is 5.82 Å². The van der Waals surface area contributed by atoms with Gasteiger partial charge in [-0.25, -0.2) is 9.18 Å². The number of aromatic nitrogens is 1. The number of carbonyl (C=O) groups excluding carboxylic acids is 2. The molecule has 0 aliphatic carbocycles. The van der Waals surface area contributed by atoms with Crippen LogP contribution in [-0.2, 0) is 4.74 Å². The Kier molecular flexibility index (Phi) is 7.86. The fourth-order valence-corrected chi connectivity index (χ4v) is 4.13. The second-order valence-corrected chi connectivity index (χ2v) is 9.89. The number of anilines is 1. The first-order chi connectivity index (χ1) is 18.1. The van der Waals surface area contributed by atoms with Gasteiger partial charge in [0, 0.05) is 11.8 Å². The van der Waals surface area contributed by atoms with Gasteiger partial charge in [-0.1, -0.05) is 60.7 Å². The van der Waals surface area contributed by atoms with E-state index >= 15 is 0 Å². The molecule has 1 heterocycles. The van der Waals surface area contributed by atoms with Crippen molar-refractivity contribution in [3.63, 3.8) is 0 Å². The average Bonchev–Trinajstić information content (AvgIpc) is 2.89. The zero-order valence-electron chi connectivity index (χ0n) is 21.8. The third-order valence-electron chi connectivity index (χ3n) is 5.84. The van der Waals surface area contributed by atoms with Crippen LogP contribution in [0.2, 0.25) is 0 Å². The highest BCUT2D eigenvalue weighted by Crippen LogP contribution is 2.37. The molecule has 7 heteroatoms. The van der Waals surface area contributed by atoms with Crippen molar-refractivity contribution in [1.82, 2.24) is 10.3 Å². The molecule has 4 rings (SSSR count). The van der Waals surface area contributed by atoms with Gasteiger partial charge in [-0.05, 0) is 73.7 Å². The normalized spacial score (nSPS) is 11.9. The van der Waals surface area contributed by atoms with Crippen LogP contribution < -0.4 is 10.6 Å². The van der Waals surface area contributed by atoms with E-state index in [4.69, 9.17) is 4.74 Å². The number of amides is 2. The minimum absolute atomic E-state index is 0.0419.